The van der Waals surface area contributed by atoms with Gasteiger partial charge in [-0.25, -0.2) is 0 Å². The molecule has 0 radical (unpaired) electrons. The molecule has 0 spiro atoms. The summed E-state index contributed by atoms with van der Waals surface area (Å²) in [4.78, 5) is 11.7. The summed E-state index contributed by atoms with van der Waals surface area (Å²) in [6, 6.07) is 2.84. The summed E-state index contributed by atoms with van der Waals surface area (Å²) in [6.45, 7) is 1.24. The maximum absolute atomic E-state index is 12.1. The van der Waals surface area contributed by atoms with Crippen LogP contribution in [0, 0.1) is 0 Å². The van der Waals surface area contributed by atoms with Crippen LogP contribution in [-0.2, 0) is 0 Å². The van der Waals surface area contributed by atoms with Crippen LogP contribution in [-0.4, -0.2) is 30.3 Å². The molecule has 1 rings (SSSR count). The van der Waals surface area contributed by atoms with E-state index in [1.165, 1.54) is 32.2 Å². The van der Waals surface area contributed by atoms with E-state index in [0.29, 0.717) is 5.75 Å². The minimum Gasteiger partial charge on any atom is -0.507 e. The van der Waals surface area contributed by atoms with Gasteiger partial charge in [-0.3, -0.25) is 4.79 Å². The van der Waals surface area contributed by atoms with Gasteiger partial charge in [0.2, 0.25) is 0 Å². The van der Waals surface area contributed by atoms with Gasteiger partial charge in [-0.15, -0.1) is 0 Å². The molecule has 1 unspecified atom stereocenters. The van der Waals surface area contributed by atoms with Crippen molar-refractivity contribution in [2.75, 3.05) is 7.11 Å². The van der Waals surface area contributed by atoms with Gasteiger partial charge in [-0.1, -0.05) is 0 Å². The zero-order valence-corrected chi connectivity index (χ0v) is 10.4. The predicted molar refractivity (Wildman–Crippen MR) is 62.3 cm³/mol. The molecule has 4 nitrogen and oxygen atoms in total. The Morgan fingerprint density at radius 3 is 2.63 bits per heavy atom. The summed E-state index contributed by atoms with van der Waals surface area (Å²) < 4.78 is 41.3. The van der Waals surface area contributed by atoms with Gasteiger partial charge in [0.15, 0.2) is 0 Å². The Hall–Kier alpha value is -1.92. The van der Waals surface area contributed by atoms with Crippen LogP contribution >= 0.6 is 0 Å². The quantitative estimate of drug-likeness (QED) is 0.888. The Balaban J connectivity index is 2.78. The van der Waals surface area contributed by atoms with E-state index in [4.69, 9.17) is 4.74 Å². The highest BCUT2D eigenvalue weighted by atomic mass is 19.4. The molecule has 1 amide bonds. The molecule has 0 aliphatic carbocycles. The average Bonchev–Trinajstić information content (AvgIpc) is 2.26. The van der Waals surface area contributed by atoms with Crippen molar-refractivity contribution in [3.05, 3.63) is 23.8 Å². The van der Waals surface area contributed by atoms with Crippen molar-refractivity contribution in [1.29, 1.82) is 0 Å². The number of carbonyl (C=O) groups is 1. The molecule has 0 saturated carbocycles. The van der Waals surface area contributed by atoms with Gasteiger partial charge in [-0.2, -0.15) is 13.2 Å². The van der Waals surface area contributed by atoms with E-state index in [2.05, 4.69) is 5.32 Å². The Labute approximate surface area is 108 Å². The fraction of sp³-hybridized carbons (Fsp3) is 0.417. The molecule has 1 aromatic carbocycles. The van der Waals surface area contributed by atoms with Gasteiger partial charge in [-0.05, 0) is 25.1 Å². The van der Waals surface area contributed by atoms with Crippen molar-refractivity contribution in [1.82, 2.24) is 5.32 Å². The molecule has 0 aromatic heterocycles. The average molecular weight is 277 g/mol. The van der Waals surface area contributed by atoms with Crippen molar-refractivity contribution in [3.63, 3.8) is 0 Å². The summed E-state index contributed by atoms with van der Waals surface area (Å²) >= 11 is 0. The Bertz CT molecular complexity index is 460. The molecule has 2 N–H and O–H groups in total. The van der Waals surface area contributed by atoms with Crippen LogP contribution in [0.2, 0.25) is 0 Å². The number of methoxy groups -OCH3 is 1. The van der Waals surface area contributed by atoms with E-state index in [0.717, 1.165) is 0 Å². The molecule has 0 saturated heterocycles. The lowest BCUT2D eigenvalue weighted by molar-refractivity contribution is -0.138. The standard InChI is InChI=1S/C12H14F3NO3/c1-7(6-12(13,14)15)16-11(18)9-5-8(19-2)3-4-10(9)17/h3-5,7,17H,6H2,1-2H3,(H,16,18). The lowest BCUT2D eigenvalue weighted by atomic mass is 10.1. The first-order chi connectivity index (χ1) is 8.73. The largest absolute Gasteiger partial charge is 0.507 e. The Morgan fingerprint density at radius 1 is 1.47 bits per heavy atom. The van der Waals surface area contributed by atoms with E-state index in [-0.39, 0.29) is 11.3 Å². The number of aromatic hydroxyl groups is 1. The smallest absolute Gasteiger partial charge is 0.391 e. The Kier molecular flexibility index (Phi) is 4.63. The maximum atomic E-state index is 12.1. The molecule has 0 heterocycles. The summed E-state index contributed by atoms with van der Waals surface area (Å²) in [6.07, 6.45) is -5.49. The molecular formula is C12H14F3NO3. The van der Waals surface area contributed by atoms with Crippen molar-refractivity contribution in [2.45, 2.75) is 25.6 Å². The molecular weight excluding hydrogens is 263 g/mol. The number of amides is 1. The molecule has 0 bridgehead atoms. The van der Waals surface area contributed by atoms with Crippen molar-refractivity contribution >= 4 is 5.91 Å². The van der Waals surface area contributed by atoms with Gasteiger partial charge >= 0.3 is 6.18 Å². The third-order valence-electron chi connectivity index (χ3n) is 2.36. The van der Waals surface area contributed by atoms with Crippen LogP contribution in [0.3, 0.4) is 0 Å². The zero-order valence-electron chi connectivity index (χ0n) is 10.4. The molecule has 1 aromatic rings. The number of hydrogen-bond acceptors (Lipinski definition) is 3. The van der Waals surface area contributed by atoms with Gasteiger partial charge in [0.1, 0.15) is 11.5 Å². The second-order valence-corrected chi connectivity index (χ2v) is 4.08. The summed E-state index contributed by atoms with van der Waals surface area (Å²) in [7, 11) is 1.38. The molecule has 7 heteroatoms. The van der Waals surface area contributed by atoms with E-state index in [9.17, 15) is 23.1 Å². The highest BCUT2D eigenvalue weighted by molar-refractivity contribution is 5.97. The van der Waals surface area contributed by atoms with Gasteiger partial charge < -0.3 is 15.2 Å². The maximum Gasteiger partial charge on any atom is 0.391 e. The first kappa shape index (κ1) is 15.1. The highest BCUT2D eigenvalue weighted by Crippen LogP contribution is 2.24. The fourth-order valence-electron chi connectivity index (χ4n) is 1.52. The lowest BCUT2D eigenvalue weighted by Crippen LogP contribution is -2.35. The third kappa shape index (κ3) is 4.69. The molecule has 19 heavy (non-hydrogen) atoms. The number of halogens is 3. The van der Waals surface area contributed by atoms with Gasteiger partial charge in [0.25, 0.3) is 5.91 Å². The summed E-state index contributed by atoms with van der Waals surface area (Å²) in [5.74, 6) is -0.780. The first-order valence-corrected chi connectivity index (χ1v) is 5.47. The molecule has 0 fully saturated rings. The monoisotopic (exact) mass is 277 g/mol. The van der Waals surface area contributed by atoms with E-state index in [1.54, 1.807) is 0 Å². The van der Waals surface area contributed by atoms with Crippen LogP contribution < -0.4 is 10.1 Å². The molecule has 106 valence electrons. The van der Waals surface area contributed by atoms with E-state index in [1.807, 2.05) is 0 Å². The summed E-state index contributed by atoms with van der Waals surface area (Å²) in [5, 5.41) is 11.7. The van der Waals surface area contributed by atoms with Crippen LogP contribution in [0.5, 0.6) is 11.5 Å². The molecule has 0 aliphatic heterocycles. The topological polar surface area (TPSA) is 58.6 Å². The number of nitrogens with one attached hydrogen (secondary N) is 1. The highest BCUT2D eigenvalue weighted by Gasteiger charge is 2.30. The van der Waals surface area contributed by atoms with Crippen molar-refractivity contribution < 1.29 is 27.8 Å². The van der Waals surface area contributed by atoms with Crippen molar-refractivity contribution in [2.24, 2.45) is 0 Å². The number of phenols is 1. The second kappa shape index (κ2) is 5.81. The number of rotatable bonds is 4. The number of phenolic OH excluding ortho intramolecular Hbond substituents is 1. The minimum atomic E-state index is -4.36. The van der Waals surface area contributed by atoms with Crippen LogP contribution in [0.1, 0.15) is 23.7 Å². The van der Waals surface area contributed by atoms with E-state index >= 15 is 0 Å². The normalized spacial score (nSPS) is 12.9. The van der Waals surface area contributed by atoms with Crippen LogP contribution in [0.25, 0.3) is 0 Å². The number of benzene rings is 1. The SMILES string of the molecule is COc1ccc(O)c(C(=O)NC(C)CC(F)(F)F)c1. The number of carbonyl (C=O) groups excluding carboxylic acids is 1. The predicted octanol–water partition coefficient (Wildman–Crippen LogP) is 2.47. The van der Waals surface area contributed by atoms with Crippen LogP contribution in [0.4, 0.5) is 13.2 Å². The van der Waals surface area contributed by atoms with Crippen LogP contribution in [0.15, 0.2) is 18.2 Å². The minimum absolute atomic E-state index is 0.131. The Morgan fingerprint density at radius 2 is 2.11 bits per heavy atom. The van der Waals surface area contributed by atoms with Crippen molar-refractivity contribution in [3.8, 4) is 11.5 Å². The molecule has 0 aliphatic rings. The molecule has 1 atom stereocenters. The number of hydrogen-bond donors (Lipinski definition) is 2. The van der Waals surface area contributed by atoms with E-state index < -0.39 is 24.5 Å². The van der Waals surface area contributed by atoms with Gasteiger partial charge in [0, 0.05) is 6.04 Å². The number of alkyl halides is 3. The van der Waals surface area contributed by atoms with Gasteiger partial charge in [0.05, 0.1) is 19.1 Å². The number of ether oxygens (including phenoxy) is 1. The third-order valence-corrected chi connectivity index (χ3v) is 2.36. The lowest BCUT2D eigenvalue weighted by Gasteiger charge is -2.16. The second-order valence-electron chi connectivity index (χ2n) is 4.08. The summed E-state index contributed by atoms with van der Waals surface area (Å²) in [5.41, 5.74) is -0.131. The fourth-order valence-corrected chi connectivity index (χ4v) is 1.52. The first-order valence-electron chi connectivity index (χ1n) is 5.47. The zero-order chi connectivity index (χ0) is 14.6.